The van der Waals surface area contributed by atoms with Crippen molar-refractivity contribution < 1.29 is 0 Å². The molecule has 2 rings (SSSR count). The first-order chi connectivity index (χ1) is 8.54. The van der Waals surface area contributed by atoms with E-state index in [2.05, 4.69) is 78.4 Å². The molecule has 0 saturated heterocycles. The van der Waals surface area contributed by atoms with Crippen LogP contribution in [0, 0.1) is 20.8 Å². The lowest BCUT2D eigenvalue weighted by Gasteiger charge is -2.11. The van der Waals surface area contributed by atoms with Crippen molar-refractivity contribution in [2.75, 3.05) is 5.32 Å². The molecular weight excluding hydrogens is 286 g/mol. The normalized spacial score (nSPS) is 10.4. The number of anilines is 1. The van der Waals surface area contributed by atoms with Crippen LogP contribution in [-0.4, -0.2) is 0 Å². The molecule has 1 nitrogen and oxygen atoms in total. The first kappa shape index (κ1) is 13.2. The Morgan fingerprint density at radius 2 is 1.61 bits per heavy atom. The van der Waals surface area contributed by atoms with Gasteiger partial charge in [0.15, 0.2) is 0 Å². The standard InChI is InChI=1S/C16H18BrN/c1-11-6-12(2)8-14(7-11)10-18-16-5-4-15(17)9-13(16)3/h4-9,18H,10H2,1-3H3. The van der Waals surface area contributed by atoms with E-state index in [4.69, 9.17) is 0 Å². The zero-order valence-corrected chi connectivity index (χ0v) is 12.6. The van der Waals surface area contributed by atoms with E-state index in [1.807, 2.05) is 0 Å². The maximum absolute atomic E-state index is 3.49. The van der Waals surface area contributed by atoms with Crippen molar-refractivity contribution in [3.05, 3.63) is 63.1 Å². The monoisotopic (exact) mass is 303 g/mol. The fraction of sp³-hybridized carbons (Fsp3) is 0.250. The van der Waals surface area contributed by atoms with Crippen molar-refractivity contribution in [1.29, 1.82) is 0 Å². The van der Waals surface area contributed by atoms with E-state index in [1.54, 1.807) is 0 Å². The summed E-state index contributed by atoms with van der Waals surface area (Å²) in [4.78, 5) is 0. The summed E-state index contributed by atoms with van der Waals surface area (Å²) in [5.74, 6) is 0. The van der Waals surface area contributed by atoms with Gasteiger partial charge in [-0.25, -0.2) is 0 Å². The molecule has 1 N–H and O–H groups in total. The molecule has 18 heavy (non-hydrogen) atoms. The summed E-state index contributed by atoms with van der Waals surface area (Å²) in [5, 5.41) is 3.49. The maximum atomic E-state index is 3.49. The van der Waals surface area contributed by atoms with Crippen LogP contribution in [0.25, 0.3) is 0 Å². The molecular formula is C16H18BrN. The van der Waals surface area contributed by atoms with Crippen molar-refractivity contribution in [2.24, 2.45) is 0 Å². The minimum Gasteiger partial charge on any atom is -0.381 e. The minimum atomic E-state index is 0.866. The molecule has 0 bridgehead atoms. The van der Waals surface area contributed by atoms with Crippen LogP contribution in [0.2, 0.25) is 0 Å². The number of hydrogen-bond acceptors (Lipinski definition) is 1. The summed E-state index contributed by atoms with van der Waals surface area (Å²) in [6.45, 7) is 7.27. The lowest BCUT2D eigenvalue weighted by molar-refractivity contribution is 1.12. The molecule has 0 aliphatic carbocycles. The molecule has 0 aliphatic heterocycles. The molecule has 0 unspecified atom stereocenters. The lowest BCUT2D eigenvalue weighted by Crippen LogP contribution is -2.01. The van der Waals surface area contributed by atoms with Gasteiger partial charge in [-0.1, -0.05) is 45.3 Å². The van der Waals surface area contributed by atoms with Gasteiger partial charge in [0.25, 0.3) is 0 Å². The Morgan fingerprint density at radius 1 is 0.944 bits per heavy atom. The topological polar surface area (TPSA) is 12.0 Å². The second-order valence-electron chi connectivity index (χ2n) is 4.81. The molecule has 2 aromatic carbocycles. The highest BCUT2D eigenvalue weighted by atomic mass is 79.9. The average molecular weight is 304 g/mol. The highest BCUT2D eigenvalue weighted by Gasteiger charge is 2.00. The van der Waals surface area contributed by atoms with Crippen LogP contribution in [0.3, 0.4) is 0 Å². The number of benzene rings is 2. The first-order valence-electron chi connectivity index (χ1n) is 6.12. The van der Waals surface area contributed by atoms with Gasteiger partial charge in [-0.2, -0.15) is 0 Å². The van der Waals surface area contributed by atoms with Gasteiger partial charge in [-0.15, -0.1) is 0 Å². The molecule has 0 amide bonds. The zero-order valence-electron chi connectivity index (χ0n) is 11.0. The van der Waals surface area contributed by atoms with Gasteiger partial charge in [0.05, 0.1) is 0 Å². The Balaban J connectivity index is 2.11. The van der Waals surface area contributed by atoms with Crippen LogP contribution < -0.4 is 5.32 Å². The van der Waals surface area contributed by atoms with Crippen LogP contribution in [-0.2, 0) is 6.54 Å². The van der Waals surface area contributed by atoms with Crippen molar-refractivity contribution in [3.63, 3.8) is 0 Å². The Hall–Kier alpha value is -1.28. The Kier molecular flexibility index (Phi) is 4.07. The SMILES string of the molecule is Cc1cc(C)cc(CNc2ccc(Br)cc2C)c1. The third-order valence-corrected chi connectivity index (χ3v) is 3.45. The van der Waals surface area contributed by atoms with Gasteiger partial charge in [0, 0.05) is 16.7 Å². The van der Waals surface area contributed by atoms with Gasteiger partial charge in [0.1, 0.15) is 0 Å². The quantitative estimate of drug-likeness (QED) is 0.842. The van der Waals surface area contributed by atoms with Crippen LogP contribution in [0.1, 0.15) is 22.3 Å². The number of hydrogen-bond donors (Lipinski definition) is 1. The van der Waals surface area contributed by atoms with E-state index in [1.165, 1.54) is 27.9 Å². The van der Waals surface area contributed by atoms with Gasteiger partial charge in [-0.05, 0) is 50.1 Å². The van der Waals surface area contributed by atoms with Crippen molar-refractivity contribution >= 4 is 21.6 Å². The number of aryl methyl sites for hydroxylation is 3. The number of halogens is 1. The summed E-state index contributed by atoms with van der Waals surface area (Å²) in [6.07, 6.45) is 0. The summed E-state index contributed by atoms with van der Waals surface area (Å²) >= 11 is 3.48. The molecule has 0 saturated carbocycles. The Morgan fingerprint density at radius 3 is 2.22 bits per heavy atom. The fourth-order valence-electron chi connectivity index (χ4n) is 2.19. The molecule has 0 heterocycles. The molecule has 2 heteroatoms. The molecule has 0 fully saturated rings. The van der Waals surface area contributed by atoms with E-state index >= 15 is 0 Å². The predicted octanol–water partition coefficient (Wildman–Crippen LogP) is 4.99. The van der Waals surface area contributed by atoms with E-state index in [0.717, 1.165) is 11.0 Å². The second kappa shape index (κ2) is 5.57. The van der Waals surface area contributed by atoms with Crippen LogP contribution in [0.5, 0.6) is 0 Å². The fourth-order valence-corrected chi connectivity index (χ4v) is 2.67. The highest BCUT2D eigenvalue weighted by molar-refractivity contribution is 9.10. The van der Waals surface area contributed by atoms with Gasteiger partial charge in [0.2, 0.25) is 0 Å². The Labute approximate surface area is 117 Å². The predicted molar refractivity (Wildman–Crippen MR) is 82.1 cm³/mol. The smallest absolute Gasteiger partial charge is 0.0401 e. The van der Waals surface area contributed by atoms with Crippen molar-refractivity contribution in [1.82, 2.24) is 0 Å². The molecule has 0 atom stereocenters. The van der Waals surface area contributed by atoms with Crippen LogP contribution >= 0.6 is 15.9 Å². The van der Waals surface area contributed by atoms with Gasteiger partial charge in [-0.3, -0.25) is 0 Å². The third-order valence-electron chi connectivity index (χ3n) is 2.95. The maximum Gasteiger partial charge on any atom is 0.0401 e. The number of nitrogens with one attached hydrogen (secondary N) is 1. The average Bonchev–Trinajstić information content (AvgIpc) is 2.26. The van der Waals surface area contributed by atoms with E-state index in [9.17, 15) is 0 Å². The van der Waals surface area contributed by atoms with Gasteiger partial charge < -0.3 is 5.32 Å². The van der Waals surface area contributed by atoms with Gasteiger partial charge >= 0.3 is 0 Å². The van der Waals surface area contributed by atoms with Crippen molar-refractivity contribution in [2.45, 2.75) is 27.3 Å². The van der Waals surface area contributed by atoms with Crippen LogP contribution in [0.4, 0.5) is 5.69 Å². The van der Waals surface area contributed by atoms with E-state index in [-0.39, 0.29) is 0 Å². The Bertz CT molecular complexity index is 541. The molecule has 0 aromatic heterocycles. The van der Waals surface area contributed by atoms with E-state index in [0.29, 0.717) is 0 Å². The minimum absolute atomic E-state index is 0.866. The molecule has 0 spiro atoms. The summed E-state index contributed by atoms with van der Waals surface area (Å²) in [7, 11) is 0. The van der Waals surface area contributed by atoms with E-state index < -0.39 is 0 Å². The zero-order chi connectivity index (χ0) is 13.1. The number of rotatable bonds is 3. The molecule has 0 aliphatic rings. The summed E-state index contributed by atoms with van der Waals surface area (Å²) in [5.41, 5.74) is 6.42. The third kappa shape index (κ3) is 3.36. The lowest BCUT2D eigenvalue weighted by atomic mass is 10.1. The molecule has 0 radical (unpaired) electrons. The summed E-state index contributed by atoms with van der Waals surface area (Å²) < 4.78 is 1.12. The van der Waals surface area contributed by atoms with Crippen molar-refractivity contribution in [3.8, 4) is 0 Å². The molecule has 2 aromatic rings. The summed E-state index contributed by atoms with van der Waals surface area (Å²) in [6, 6.07) is 13.0. The largest absolute Gasteiger partial charge is 0.381 e. The molecule has 94 valence electrons. The second-order valence-corrected chi connectivity index (χ2v) is 5.72. The first-order valence-corrected chi connectivity index (χ1v) is 6.91. The van der Waals surface area contributed by atoms with Crippen LogP contribution in [0.15, 0.2) is 40.9 Å². The highest BCUT2D eigenvalue weighted by Crippen LogP contribution is 2.21.